The number of hydrogen-bond donors (Lipinski definition) is 4. The maximum absolute atomic E-state index is 12.3. The van der Waals surface area contributed by atoms with Gasteiger partial charge < -0.3 is 21.3 Å². The monoisotopic (exact) mass is 424 g/mol. The highest BCUT2D eigenvalue weighted by atomic mass is 16.2. The summed E-state index contributed by atoms with van der Waals surface area (Å²) in [5.74, 6) is -0.391. The lowest BCUT2D eigenvalue weighted by Crippen LogP contribution is -2.24. The lowest BCUT2D eigenvalue weighted by Gasteiger charge is -2.11. The molecule has 0 heterocycles. The van der Waals surface area contributed by atoms with Gasteiger partial charge in [0.1, 0.15) is 0 Å². The first kappa shape index (κ1) is 23.9. The van der Waals surface area contributed by atoms with Crippen LogP contribution in [0.25, 0.3) is 0 Å². The van der Waals surface area contributed by atoms with Gasteiger partial charge in [-0.15, -0.1) is 0 Å². The third-order valence-corrected chi connectivity index (χ3v) is 4.55. The van der Waals surface area contributed by atoms with Gasteiger partial charge >= 0.3 is 0 Å². The highest BCUT2D eigenvalue weighted by molar-refractivity contribution is 5.97. The third-order valence-electron chi connectivity index (χ3n) is 4.55. The molecule has 0 bridgehead atoms. The van der Waals surface area contributed by atoms with E-state index in [0.717, 1.165) is 25.7 Å². The topological polar surface area (TPSA) is 99.3 Å². The zero-order valence-electron chi connectivity index (χ0n) is 18.3. The van der Waals surface area contributed by atoms with Crippen LogP contribution in [0, 0.1) is 0 Å². The molecule has 0 aliphatic rings. The zero-order valence-corrected chi connectivity index (χ0v) is 18.3. The van der Waals surface area contributed by atoms with Crippen molar-refractivity contribution in [3.63, 3.8) is 0 Å². The minimum Gasteiger partial charge on any atom is -0.376 e. The molecule has 0 radical (unpaired) electrons. The minimum absolute atomic E-state index is 0.0264. The molecule has 2 aromatic rings. The average molecular weight is 425 g/mol. The molecule has 2 aromatic carbocycles. The predicted octanol–water partition coefficient (Wildman–Crippen LogP) is 4.40. The Morgan fingerprint density at radius 1 is 0.774 bits per heavy atom. The summed E-state index contributed by atoms with van der Waals surface area (Å²) in [6, 6.07) is 14.1. The summed E-state index contributed by atoms with van der Waals surface area (Å²) in [6.07, 6.45) is 4.32. The normalized spacial score (nSPS) is 10.3. The van der Waals surface area contributed by atoms with Gasteiger partial charge in [0.05, 0.1) is 6.54 Å². The maximum Gasteiger partial charge on any atom is 0.251 e. The molecular weight excluding hydrogens is 392 g/mol. The van der Waals surface area contributed by atoms with E-state index in [2.05, 4.69) is 28.2 Å². The van der Waals surface area contributed by atoms with Crippen LogP contribution in [0.1, 0.15) is 56.3 Å². The third kappa shape index (κ3) is 8.90. The molecule has 7 heteroatoms. The fraction of sp³-hybridized carbons (Fsp3) is 0.375. The molecular formula is C24H32N4O3. The first-order valence-corrected chi connectivity index (χ1v) is 10.8. The van der Waals surface area contributed by atoms with E-state index < -0.39 is 0 Å². The molecule has 4 N–H and O–H groups in total. The Morgan fingerprint density at radius 3 is 2.16 bits per heavy atom. The average Bonchev–Trinajstić information content (AvgIpc) is 2.76. The summed E-state index contributed by atoms with van der Waals surface area (Å²) in [4.78, 5) is 36.4. The summed E-state index contributed by atoms with van der Waals surface area (Å²) >= 11 is 0. The largest absolute Gasteiger partial charge is 0.376 e. The van der Waals surface area contributed by atoms with Crippen LogP contribution < -0.4 is 21.3 Å². The first-order valence-electron chi connectivity index (χ1n) is 10.8. The molecule has 0 spiro atoms. The van der Waals surface area contributed by atoms with E-state index in [1.807, 2.05) is 6.92 Å². The van der Waals surface area contributed by atoms with Gasteiger partial charge in [0, 0.05) is 35.6 Å². The Kier molecular flexibility index (Phi) is 10.1. The molecule has 2 rings (SSSR count). The van der Waals surface area contributed by atoms with Gasteiger partial charge in [-0.05, 0) is 49.2 Å². The van der Waals surface area contributed by atoms with E-state index in [4.69, 9.17) is 0 Å². The maximum atomic E-state index is 12.3. The summed E-state index contributed by atoms with van der Waals surface area (Å²) < 4.78 is 0. The van der Waals surface area contributed by atoms with Crippen molar-refractivity contribution in [2.75, 3.05) is 29.0 Å². The lowest BCUT2D eigenvalue weighted by molar-refractivity contribution is -0.116. The van der Waals surface area contributed by atoms with Crippen LogP contribution in [-0.4, -0.2) is 30.8 Å². The van der Waals surface area contributed by atoms with E-state index in [1.165, 1.54) is 0 Å². The molecule has 0 atom stereocenters. The Morgan fingerprint density at radius 2 is 1.45 bits per heavy atom. The van der Waals surface area contributed by atoms with Gasteiger partial charge in [0.25, 0.3) is 5.91 Å². The Labute approximate surface area is 184 Å². The number of carbonyl (C=O) groups is 3. The molecule has 166 valence electrons. The number of rotatable bonds is 12. The molecule has 0 saturated heterocycles. The van der Waals surface area contributed by atoms with Gasteiger partial charge in [0.15, 0.2) is 0 Å². The SMILES string of the molecule is CCCCCC(=O)Nc1cccc(NC(=O)CNc2cccc(C(=O)NCCC)c2)c1. The Bertz CT molecular complexity index is 883. The van der Waals surface area contributed by atoms with Crippen LogP contribution in [-0.2, 0) is 9.59 Å². The molecule has 0 aliphatic heterocycles. The highest BCUT2D eigenvalue weighted by Crippen LogP contribution is 2.16. The number of hydrogen-bond acceptors (Lipinski definition) is 4. The van der Waals surface area contributed by atoms with E-state index in [0.29, 0.717) is 35.6 Å². The van der Waals surface area contributed by atoms with Gasteiger partial charge in [0.2, 0.25) is 11.8 Å². The summed E-state index contributed by atoms with van der Waals surface area (Å²) in [5, 5.41) is 11.5. The number of carbonyl (C=O) groups excluding carboxylic acids is 3. The van der Waals surface area contributed by atoms with Gasteiger partial charge in [-0.3, -0.25) is 14.4 Å². The van der Waals surface area contributed by atoms with Crippen LogP contribution in [0.2, 0.25) is 0 Å². The Hall–Kier alpha value is -3.35. The molecule has 31 heavy (non-hydrogen) atoms. The van der Waals surface area contributed by atoms with Gasteiger partial charge in [-0.25, -0.2) is 0 Å². The van der Waals surface area contributed by atoms with E-state index >= 15 is 0 Å². The van der Waals surface area contributed by atoms with Gasteiger partial charge in [-0.2, -0.15) is 0 Å². The quantitative estimate of drug-likeness (QED) is 0.380. The van der Waals surface area contributed by atoms with E-state index in [9.17, 15) is 14.4 Å². The predicted molar refractivity (Wildman–Crippen MR) is 125 cm³/mol. The van der Waals surface area contributed by atoms with E-state index in [1.54, 1.807) is 48.5 Å². The molecule has 3 amide bonds. The van der Waals surface area contributed by atoms with Crippen molar-refractivity contribution in [3.05, 3.63) is 54.1 Å². The summed E-state index contributed by atoms with van der Waals surface area (Å²) in [6.45, 7) is 4.76. The second kappa shape index (κ2) is 13.1. The van der Waals surface area contributed by atoms with Crippen molar-refractivity contribution in [1.82, 2.24) is 5.32 Å². The van der Waals surface area contributed by atoms with Crippen molar-refractivity contribution >= 4 is 34.8 Å². The minimum atomic E-state index is -0.229. The van der Waals surface area contributed by atoms with Crippen molar-refractivity contribution in [3.8, 4) is 0 Å². The highest BCUT2D eigenvalue weighted by Gasteiger charge is 2.08. The van der Waals surface area contributed by atoms with Crippen LogP contribution in [0.3, 0.4) is 0 Å². The molecule has 0 fully saturated rings. The molecule has 0 saturated carbocycles. The van der Waals surface area contributed by atoms with Crippen LogP contribution in [0.4, 0.5) is 17.1 Å². The van der Waals surface area contributed by atoms with Crippen LogP contribution in [0.15, 0.2) is 48.5 Å². The molecule has 0 aliphatic carbocycles. The van der Waals surface area contributed by atoms with Crippen LogP contribution in [0.5, 0.6) is 0 Å². The lowest BCUT2D eigenvalue weighted by atomic mass is 10.2. The van der Waals surface area contributed by atoms with Crippen molar-refractivity contribution in [1.29, 1.82) is 0 Å². The van der Waals surface area contributed by atoms with E-state index in [-0.39, 0.29) is 24.3 Å². The standard InChI is InChI=1S/C24H32N4O3/c1-3-5-6-13-22(29)27-20-11-8-12-21(16-20)28-23(30)17-26-19-10-7-9-18(15-19)24(31)25-14-4-2/h7-12,15-16,26H,3-6,13-14,17H2,1-2H3,(H,25,31)(H,27,29)(H,28,30). The first-order chi connectivity index (χ1) is 15.0. The van der Waals surface area contributed by atoms with Crippen LogP contribution >= 0.6 is 0 Å². The number of nitrogens with one attached hydrogen (secondary N) is 4. The van der Waals surface area contributed by atoms with Gasteiger partial charge in [-0.1, -0.05) is 38.8 Å². The number of benzene rings is 2. The van der Waals surface area contributed by atoms with Crippen molar-refractivity contribution in [2.45, 2.75) is 46.0 Å². The second-order valence-electron chi connectivity index (χ2n) is 7.32. The molecule has 0 aromatic heterocycles. The smallest absolute Gasteiger partial charge is 0.251 e. The molecule has 7 nitrogen and oxygen atoms in total. The Balaban J connectivity index is 1.85. The number of unbranched alkanes of at least 4 members (excludes halogenated alkanes) is 2. The summed E-state index contributed by atoms with van der Waals surface area (Å²) in [7, 11) is 0. The fourth-order valence-electron chi connectivity index (χ4n) is 2.93. The zero-order chi connectivity index (χ0) is 22.5. The van der Waals surface area contributed by atoms with Crippen molar-refractivity contribution < 1.29 is 14.4 Å². The fourth-order valence-corrected chi connectivity index (χ4v) is 2.93. The number of anilines is 3. The number of amides is 3. The molecule has 0 unspecified atom stereocenters. The van der Waals surface area contributed by atoms with Crippen molar-refractivity contribution in [2.24, 2.45) is 0 Å². The summed E-state index contributed by atoms with van der Waals surface area (Å²) in [5.41, 5.74) is 2.48. The second-order valence-corrected chi connectivity index (χ2v) is 7.32.